The van der Waals surface area contributed by atoms with Gasteiger partial charge in [-0.3, -0.25) is 0 Å². The first-order chi connectivity index (χ1) is 66.4. The smallest absolute Gasteiger partial charge is 0.219 e. The number of benzene rings is 13. The van der Waals surface area contributed by atoms with Crippen molar-refractivity contribution in [3.8, 4) is 92.2 Å². The highest BCUT2D eigenvalue weighted by atomic mass is 35.5. The molecule has 2 aliphatic rings. The molecule has 18 heteroatoms. The molecule has 0 unspecified atom stereocenters. The molecule has 0 atom stereocenters. The Morgan fingerprint density at radius 2 is 0.624 bits per heavy atom. The number of aromatic nitrogens is 2. The summed E-state index contributed by atoms with van der Waals surface area (Å²) in [5.74, 6) is 1.79. The van der Waals surface area contributed by atoms with Crippen molar-refractivity contribution in [1.29, 1.82) is 5.26 Å². The van der Waals surface area contributed by atoms with Gasteiger partial charge in [-0.25, -0.2) is 40.7 Å². The van der Waals surface area contributed by atoms with E-state index in [9.17, 15) is 35.8 Å². The number of phenols is 1. The van der Waals surface area contributed by atoms with E-state index in [4.69, 9.17) is 45.3 Å². The lowest BCUT2D eigenvalue weighted by Gasteiger charge is -2.20. The zero-order valence-electron chi connectivity index (χ0n) is 84.7. The number of pyridine rings is 2. The maximum atomic E-state index is 14.3. The summed E-state index contributed by atoms with van der Waals surface area (Å²) in [6, 6.07) is 85.5. The van der Waals surface area contributed by atoms with Crippen molar-refractivity contribution in [2.24, 2.45) is 0 Å². The highest BCUT2D eigenvalue weighted by Crippen LogP contribution is 2.41. The lowest BCUT2D eigenvalue weighted by atomic mass is 9.85. The third kappa shape index (κ3) is 31.9. The highest BCUT2D eigenvalue weighted by Gasteiger charge is 2.27. The summed E-state index contributed by atoms with van der Waals surface area (Å²) in [6.45, 7) is 43.0. The van der Waals surface area contributed by atoms with Gasteiger partial charge in [0.05, 0.1) is 17.2 Å². The number of phenolic OH excluding ortho intramolecular Hbond substituents is 1. The molecule has 0 spiro atoms. The summed E-state index contributed by atoms with van der Waals surface area (Å²) in [6.07, 6.45) is 13.2. The van der Waals surface area contributed by atoms with Gasteiger partial charge in [-0.1, -0.05) is 266 Å². The summed E-state index contributed by atoms with van der Waals surface area (Å²) in [4.78, 5) is 8.83. The molecule has 10 nitrogen and oxygen atoms in total. The number of nitrogens with zero attached hydrogens (tertiary/aromatic N) is 3. The van der Waals surface area contributed by atoms with E-state index in [0.717, 1.165) is 47.5 Å². The fourth-order valence-corrected chi connectivity index (χ4v) is 15.2. The largest absolute Gasteiger partial charge is 0.508 e. The third-order valence-corrected chi connectivity index (χ3v) is 24.0. The van der Waals surface area contributed by atoms with E-state index in [2.05, 4.69) is 100 Å². The second-order valence-electron chi connectivity index (χ2n) is 42.4. The van der Waals surface area contributed by atoms with Gasteiger partial charge in [-0.05, 0) is 325 Å². The van der Waals surface area contributed by atoms with E-state index >= 15 is 0 Å². The molecule has 0 radical (unpaired) electrons. The Balaban J connectivity index is 0.000000157. The second-order valence-corrected chi connectivity index (χ2v) is 42.8. The van der Waals surface area contributed by atoms with E-state index in [-0.39, 0.29) is 83.9 Å². The van der Waals surface area contributed by atoms with E-state index in [0.29, 0.717) is 62.0 Å². The molecule has 15 aromatic rings. The minimum Gasteiger partial charge on any atom is -0.508 e. The van der Waals surface area contributed by atoms with Crippen LogP contribution in [0.5, 0.6) is 75.0 Å². The Labute approximate surface area is 833 Å². The van der Waals surface area contributed by atoms with Crippen LogP contribution in [-0.2, 0) is 63.6 Å². The van der Waals surface area contributed by atoms with Gasteiger partial charge in [0.25, 0.3) is 0 Å². The Kier molecular flexibility index (Phi) is 36.0. The van der Waals surface area contributed by atoms with Crippen molar-refractivity contribution < 1.29 is 64.3 Å². The average molecular weight is 1930 g/mol. The normalized spacial score (nSPS) is 12.4. The topological polar surface area (TPSA) is 125 Å². The fraction of sp³-hybridized carbons (Fsp3) is 0.293. The molecule has 734 valence electrons. The van der Waals surface area contributed by atoms with E-state index in [1.807, 2.05) is 195 Å². The van der Waals surface area contributed by atoms with Gasteiger partial charge in [0.15, 0.2) is 52.1 Å². The molecule has 141 heavy (non-hydrogen) atoms. The molecule has 0 saturated carbocycles. The van der Waals surface area contributed by atoms with Crippen LogP contribution in [0.25, 0.3) is 21.9 Å². The van der Waals surface area contributed by atoms with Crippen LogP contribution in [0.2, 0.25) is 5.02 Å². The number of nitriles is 1. The van der Waals surface area contributed by atoms with Gasteiger partial charge < -0.3 is 33.5 Å². The average Bonchev–Trinajstić information content (AvgIpc) is 0.794. The minimum atomic E-state index is -0.660. The summed E-state index contributed by atoms with van der Waals surface area (Å²) in [5, 5.41) is 21.1. The number of ether oxygens (including phenoxy) is 6. The zero-order chi connectivity index (χ0) is 103. The fourth-order valence-electron chi connectivity index (χ4n) is 15.1. The van der Waals surface area contributed by atoms with Crippen molar-refractivity contribution >= 4 is 22.4 Å². The summed E-state index contributed by atoms with van der Waals surface area (Å²) in [7, 11) is 0. The molecule has 17 rings (SSSR count). The quantitative estimate of drug-likeness (QED) is 0.112. The molecule has 13 aromatic carbocycles. The predicted octanol–water partition coefficient (Wildman–Crippen LogP) is 36.2. The summed E-state index contributed by atoms with van der Waals surface area (Å²) in [5.41, 5.74) is 12.4. The molecule has 2 aliphatic carbocycles. The molecule has 0 amide bonds. The lowest BCUT2D eigenvalue weighted by Crippen LogP contribution is -2.12. The lowest BCUT2D eigenvalue weighted by molar-refractivity contribution is 0.403. The number of hydrogen-bond acceptors (Lipinski definition) is 10. The first-order valence-corrected chi connectivity index (χ1v) is 48.0. The first-order valence-electron chi connectivity index (χ1n) is 47.6. The van der Waals surface area contributed by atoms with E-state index < -0.39 is 29.1 Å². The predicted molar refractivity (Wildman–Crippen MR) is 558 cm³/mol. The van der Waals surface area contributed by atoms with Gasteiger partial charge in [0, 0.05) is 35.6 Å². The van der Waals surface area contributed by atoms with Crippen molar-refractivity contribution in [2.45, 2.75) is 235 Å². The van der Waals surface area contributed by atoms with Crippen molar-refractivity contribution in [1.82, 2.24) is 9.97 Å². The Morgan fingerprint density at radius 3 is 1.01 bits per heavy atom. The molecule has 0 saturated heterocycles. The van der Waals surface area contributed by atoms with Crippen LogP contribution in [0.3, 0.4) is 0 Å². The number of fused-ring (bicyclic) bond motifs is 3. The molecule has 0 bridgehead atoms. The van der Waals surface area contributed by atoms with Crippen LogP contribution in [0.15, 0.2) is 298 Å². The Bertz CT molecular complexity index is 6710. The van der Waals surface area contributed by atoms with Crippen LogP contribution in [0.4, 0.5) is 30.7 Å². The highest BCUT2D eigenvalue weighted by molar-refractivity contribution is 6.30. The zero-order valence-corrected chi connectivity index (χ0v) is 85.5. The number of rotatable bonds is 13. The van der Waals surface area contributed by atoms with E-state index in [1.165, 1.54) is 131 Å². The van der Waals surface area contributed by atoms with Gasteiger partial charge >= 0.3 is 0 Å². The number of hydrogen-bond donors (Lipinski definition) is 1. The van der Waals surface area contributed by atoms with E-state index in [1.54, 1.807) is 109 Å². The number of aryl methyl sites for hydroxylation is 4. The van der Waals surface area contributed by atoms with Crippen LogP contribution in [0.1, 0.15) is 238 Å². The maximum absolute atomic E-state index is 14.3. The van der Waals surface area contributed by atoms with Crippen LogP contribution in [0, 0.1) is 52.1 Å². The van der Waals surface area contributed by atoms with Crippen LogP contribution in [-0.4, -0.2) is 15.1 Å². The summed E-state index contributed by atoms with van der Waals surface area (Å²) < 4.78 is 132. The third-order valence-electron chi connectivity index (χ3n) is 23.8. The van der Waals surface area contributed by atoms with Crippen LogP contribution >= 0.6 is 11.6 Å². The van der Waals surface area contributed by atoms with Gasteiger partial charge in [-0.2, -0.15) is 5.26 Å². The molecule has 0 fully saturated rings. The van der Waals surface area contributed by atoms with Crippen molar-refractivity contribution in [3.05, 3.63) is 410 Å². The van der Waals surface area contributed by atoms with Gasteiger partial charge in [0.2, 0.25) is 11.8 Å². The maximum Gasteiger partial charge on any atom is 0.219 e. The molecule has 1 N–H and O–H groups in total. The molecular formula is C123H129ClF7N3O7. The molecule has 0 aliphatic heterocycles. The molecular weight excluding hydrogens is 1800 g/mol. The van der Waals surface area contributed by atoms with Crippen LogP contribution < -0.4 is 28.4 Å². The number of halogens is 8. The number of aromatic hydroxyl groups is 1. The Hall–Kier alpha value is -13.7. The molecule has 2 aromatic heterocycles. The van der Waals surface area contributed by atoms with Gasteiger partial charge in [0.1, 0.15) is 51.9 Å². The van der Waals surface area contributed by atoms with Gasteiger partial charge in [-0.15, -0.1) is 0 Å². The second kappa shape index (κ2) is 47.1. The Morgan fingerprint density at radius 1 is 0.284 bits per heavy atom. The monoisotopic (exact) mass is 1930 g/mol. The van der Waals surface area contributed by atoms with Crippen molar-refractivity contribution in [2.75, 3.05) is 0 Å². The molecule has 2 heterocycles. The summed E-state index contributed by atoms with van der Waals surface area (Å²) >= 11 is 5.79. The standard InChI is InChI=1S/C20H22F2O.C19H23NO.C19H19NO.C17H16FNO.C16H16ClFO.C16H16F2.C16H17FO2/c1-20(2,3)15-11-17(21)19(18(22)12-15)23-16-9-8-13-6-4-5-7-14(13)10-16;2*1-19(2,3)16-9-11-18(20-13-16)21-17-10-8-14-6-4-5-7-15(14)12-17;1-17(2,3)13-6-9-16(15(18)10-13)20-14-7-4-12(11-19)5-8-14;1-16(2,3)11-4-9-15(14(18)10-11)19-13-7-5-12(17)6-8-13;1-16(2,3)12-9-13(17)15(14(18)10-12)11-7-5-4-6-8-11;1-16(2,3)11-7-8-15(14(17)9-11)19-13-6-4-5-12(18)10-13/h8-12H,4-7H2,1-3H3;8-13H,4-7H2,1-3H3;4-13H,1-3H3;4-10H,1-3H3;4-10H,1-3H3;4-10H,1-3H3;4-10,18H,1-3H3. The minimum absolute atomic E-state index is 0.0450. The van der Waals surface area contributed by atoms with Crippen molar-refractivity contribution in [3.63, 3.8) is 0 Å². The first kappa shape index (κ1) is 108. The SMILES string of the molecule is CC(C)(C)c1cc(F)c(-c2ccccc2)c(F)c1.CC(C)(C)c1cc(F)c(Oc2ccc3c(c2)CCCC3)c(F)c1.CC(C)(C)c1ccc(Oc2ccc(C#N)cc2)c(F)c1.CC(C)(C)c1ccc(Oc2ccc(Cl)cc2)c(F)c1.CC(C)(C)c1ccc(Oc2ccc3c(c2)CCCC3)nc1.CC(C)(C)c1ccc(Oc2ccc3ccccc3c2)nc1.CC(C)(C)c1ccc(Oc2cccc(O)c2)c(F)c1.